The molecule has 2 heterocycles. The van der Waals surface area contributed by atoms with Crippen LogP contribution in [0.2, 0.25) is 0 Å². The highest BCUT2D eigenvalue weighted by Gasteiger charge is 2.32. The van der Waals surface area contributed by atoms with Crippen molar-refractivity contribution in [2.24, 2.45) is 0 Å². The van der Waals surface area contributed by atoms with Gasteiger partial charge in [0.15, 0.2) is 17.6 Å². The molecule has 2 aromatic carbocycles. The number of fused-ring (bicyclic) bond motifs is 1. The van der Waals surface area contributed by atoms with Crippen molar-refractivity contribution < 1.29 is 23.8 Å². The van der Waals surface area contributed by atoms with E-state index in [1.807, 2.05) is 60.9 Å². The molecule has 6 heteroatoms. The van der Waals surface area contributed by atoms with Crippen LogP contribution in [0.15, 0.2) is 60.7 Å². The molecule has 0 unspecified atom stereocenters. The van der Waals surface area contributed by atoms with Gasteiger partial charge in [-0.1, -0.05) is 30.3 Å². The van der Waals surface area contributed by atoms with Crippen LogP contribution in [-0.4, -0.2) is 35.1 Å². The summed E-state index contributed by atoms with van der Waals surface area (Å²) < 4.78 is 18.7. The largest absolute Gasteiger partial charge is 0.485 e. The van der Waals surface area contributed by atoms with Crippen LogP contribution in [0, 0.1) is 13.8 Å². The van der Waals surface area contributed by atoms with Gasteiger partial charge >= 0.3 is 5.97 Å². The lowest BCUT2D eigenvalue weighted by atomic mass is 10.1. The second kappa shape index (κ2) is 8.06. The molecule has 4 rings (SSSR count). The summed E-state index contributed by atoms with van der Waals surface area (Å²) in [6.07, 6.45) is -1.85. The Bertz CT molecular complexity index is 1090. The zero-order valence-electron chi connectivity index (χ0n) is 17.1. The second-order valence-electron chi connectivity index (χ2n) is 7.26. The standard InChI is InChI=1S/C24H23NO5/c1-15-13-19(16(2)25(15)18-9-5-4-6-10-18)23(26)17(3)29-24(27)22-14-28-20-11-7-8-12-21(20)30-22/h4-13,17,22H,14H2,1-3H3/t17-,22+/m1/s1. The van der Waals surface area contributed by atoms with Gasteiger partial charge in [-0.15, -0.1) is 0 Å². The van der Waals surface area contributed by atoms with E-state index >= 15 is 0 Å². The van der Waals surface area contributed by atoms with Gasteiger partial charge in [0.1, 0.15) is 6.61 Å². The molecule has 0 spiro atoms. The van der Waals surface area contributed by atoms with Gasteiger partial charge < -0.3 is 18.8 Å². The molecule has 3 aromatic rings. The first-order chi connectivity index (χ1) is 14.5. The summed E-state index contributed by atoms with van der Waals surface area (Å²) in [6.45, 7) is 5.45. The number of ketones is 1. The van der Waals surface area contributed by atoms with Gasteiger partial charge in [0.25, 0.3) is 0 Å². The Hall–Kier alpha value is -3.54. The number of carbonyl (C=O) groups is 2. The Labute approximate surface area is 175 Å². The minimum absolute atomic E-state index is 0.0409. The van der Waals surface area contributed by atoms with Crippen LogP contribution in [0.3, 0.4) is 0 Å². The SMILES string of the molecule is Cc1cc(C(=O)[C@@H](C)OC(=O)[C@@H]2COc3ccccc3O2)c(C)n1-c1ccccc1. The van der Waals surface area contributed by atoms with Crippen LogP contribution >= 0.6 is 0 Å². The fourth-order valence-corrected chi connectivity index (χ4v) is 3.64. The maximum atomic E-state index is 13.0. The van der Waals surface area contributed by atoms with E-state index in [2.05, 4.69) is 0 Å². The predicted molar refractivity (Wildman–Crippen MR) is 111 cm³/mol. The Balaban J connectivity index is 1.48. The maximum absolute atomic E-state index is 13.0. The summed E-state index contributed by atoms with van der Waals surface area (Å²) in [7, 11) is 0. The number of aryl methyl sites for hydroxylation is 1. The van der Waals surface area contributed by atoms with Crippen LogP contribution in [0.25, 0.3) is 5.69 Å². The molecule has 2 atom stereocenters. The molecule has 0 bridgehead atoms. The molecule has 0 saturated carbocycles. The average molecular weight is 405 g/mol. The highest BCUT2D eigenvalue weighted by Crippen LogP contribution is 2.31. The van der Waals surface area contributed by atoms with E-state index in [-0.39, 0.29) is 12.4 Å². The van der Waals surface area contributed by atoms with Crippen LogP contribution in [0.4, 0.5) is 0 Å². The number of aromatic nitrogens is 1. The van der Waals surface area contributed by atoms with E-state index < -0.39 is 18.2 Å². The van der Waals surface area contributed by atoms with Gasteiger partial charge in [0.05, 0.1) is 0 Å². The number of nitrogens with zero attached hydrogens (tertiary/aromatic N) is 1. The molecule has 0 N–H and O–H groups in total. The number of benzene rings is 2. The molecule has 0 amide bonds. The lowest BCUT2D eigenvalue weighted by Crippen LogP contribution is -2.40. The molecule has 30 heavy (non-hydrogen) atoms. The number of para-hydroxylation sites is 3. The monoisotopic (exact) mass is 405 g/mol. The zero-order valence-corrected chi connectivity index (χ0v) is 17.1. The molecular weight excluding hydrogens is 382 g/mol. The lowest BCUT2D eigenvalue weighted by Gasteiger charge is -2.25. The van der Waals surface area contributed by atoms with Crippen LogP contribution in [0.1, 0.15) is 28.7 Å². The van der Waals surface area contributed by atoms with Crippen LogP contribution in [-0.2, 0) is 9.53 Å². The van der Waals surface area contributed by atoms with Crippen LogP contribution in [0.5, 0.6) is 11.5 Å². The minimum atomic E-state index is -0.942. The van der Waals surface area contributed by atoms with Crippen molar-refractivity contribution in [1.29, 1.82) is 0 Å². The van der Waals surface area contributed by atoms with Crippen molar-refractivity contribution in [3.63, 3.8) is 0 Å². The molecule has 1 aliphatic rings. The lowest BCUT2D eigenvalue weighted by molar-refractivity contribution is -0.157. The van der Waals surface area contributed by atoms with E-state index in [1.54, 1.807) is 25.1 Å². The van der Waals surface area contributed by atoms with Crippen molar-refractivity contribution in [3.8, 4) is 17.2 Å². The highest BCUT2D eigenvalue weighted by molar-refractivity contribution is 6.01. The van der Waals surface area contributed by atoms with Gasteiger partial charge in [0.2, 0.25) is 11.9 Å². The number of carbonyl (C=O) groups excluding carboxylic acids is 2. The fraction of sp³-hybridized carbons (Fsp3) is 0.250. The molecule has 0 radical (unpaired) electrons. The van der Waals surface area contributed by atoms with Gasteiger partial charge in [0, 0.05) is 22.6 Å². The third kappa shape index (κ3) is 3.68. The maximum Gasteiger partial charge on any atom is 0.351 e. The summed E-state index contributed by atoms with van der Waals surface area (Å²) in [5.74, 6) is 0.188. The fourth-order valence-electron chi connectivity index (χ4n) is 3.64. The Morgan fingerprint density at radius 1 is 1.03 bits per heavy atom. The zero-order chi connectivity index (χ0) is 21.3. The summed E-state index contributed by atoms with van der Waals surface area (Å²) in [6, 6.07) is 18.7. The van der Waals surface area contributed by atoms with Gasteiger partial charge in [-0.2, -0.15) is 0 Å². The smallest absolute Gasteiger partial charge is 0.351 e. The predicted octanol–water partition coefficient (Wildman–Crippen LogP) is 4.05. The molecule has 1 aliphatic heterocycles. The Morgan fingerprint density at radius 2 is 1.70 bits per heavy atom. The molecule has 0 fully saturated rings. The van der Waals surface area contributed by atoms with E-state index in [1.165, 1.54) is 0 Å². The molecule has 0 aliphatic carbocycles. The second-order valence-corrected chi connectivity index (χ2v) is 7.26. The number of rotatable bonds is 5. The highest BCUT2D eigenvalue weighted by atomic mass is 16.6. The number of Topliss-reactive ketones (excluding diaryl/α,β-unsaturated/α-hetero) is 1. The number of esters is 1. The van der Waals surface area contributed by atoms with Crippen molar-refractivity contribution in [3.05, 3.63) is 77.6 Å². The third-order valence-corrected chi connectivity index (χ3v) is 5.14. The topological polar surface area (TPSA) is 66.8 Å². The first kappa shape index (κ1) is 19.8. The van der Waals surface area contributed by atoms with E-state index in [4.69, 9.17) is 14.2 Å². The van der Waals surface area contributed by atoms with E-state index in [9.17, 15) is 9.59 Å². The molecule has 154 valence electrons. The summed E-state index contributed by atoms with van der Waals surface area (Å²) >= 11 is 0. The third-order valence-electron chi connectivity index (χ3n) is 5.14. The summed E-state index contributed by atoms with van der Waals surface area (Å²) in [5, 5.41) is 0. The van der Waals surface area contributed by atoms with Gasteiger partial charge in [-0.3, -0.25) is 4.79 Å². The normalized spacial score (nSPS) is 16.0. The Morgan fingerprint density at radius 3 is 2.43 bits per heavy atom. The van der Waals surface area contributed by atoms with Crippen LogP contribution < -0.4 is 9.47 Å². The van der Waals surface area contributed by atoms with Crippen molar-refractivity contribution in [2.45, 2.75) is 33.0 Å². The minimum Gasteiger partial charge on any atom is -0.485 e. The van der Waals surface area contributed by atoms with Crippen molar-refractivity contribution in [2.75, 3.05) is 6.61 Å². The molecule has 0 saturated heterocycles. The van der Waals surface area contributed by atoms with Gasteiger partial charge in [-0.25, -0.2) is 4.79 Å². The summed E-state index contributed by atoms with van der Waals surface area (Å²) in [4.78, 5) is 25.6. The summed E-state index contributed by atoms with van der Waals surface area (Å²) in [5.41, 5.74) is 3.24. The number of ether oxygens (including phenoxy) is 3. The molecule has 6 nitrogen and oxygen atoms in total. The van der Waals surface area contributed by atoms with E-state index in [0.717, 1.165) is 17.1 Å². The first-order valence-corrected chi connectivity index (χ1v) is 9.83. The number of hydrogen-bond donors (Lipinski definition) is 0. The van der Waals surface area contributed by atoms with Gasteiger partial charge in [-0.05, 0) is 51.1 Å². The molecule has 1 aromatic heterocycles. The number of hydrogen-bond acceptors (Lipinski definition) is 5. The molecular formula is C24H23NO5. The average Bonchev–Trinajstić information content (AvgIpc) is 3.07. The van der Waals surface area contributed by atoms with Crippen molar-refractivity contribution in [1.82, 2.24) is 4.57 Å². The quantitative estimate of drug-likeness (QED) is 0.473. The van der Waals surface area contributed by atoms with E-state index in [0.29, 0.717) is 17.1 Å². The Kier molecular flexibility index (Phi) is 5.31. The first-order valence-electron chi connectivity index (χ1n) is 9.83. The van der Waals surface area contributed by atoms with Crippen molar-refractivity contribution >= 4 is 11.8 Å².